The van der Waals surface area contributed by atoms with Crippen LogP contribution < -0.4 is 5.32 Å². The molecule has 298 valence electrons. The number of aliphatic hydroxyl groups is 4. The Bertz CT molecular complexity index is 1160. The highest BCUT2D eigenvalue weighted by Crippen LogP contribution is 2.45. The number of hydrogen-bond donors (Lipinski definition) is 5. The molecule has 0 spiro atoms. The molecular weight excluding hydrogens is 664 g/mol. The highest BCUT2D eigenvalue weighted by atomic mass is 16.7. The summed E-state index contributed by atoms with van der Waals surface area (Å²) in [6.07, 6.45) is -7.72. The molecule has 14 nitrogen and oxygen atoms in total. The van der Waals surface area contributed by atoms with Crippen LogP contribution in [0.25, 0.3) is 0 Å². The summed E-state index contributed by atoms with van der Waals surface area (Å²) in [5.41, 5.74) is -3.79. The van der Waals surface area contributed by atoms with Crippen LogP contribution in [-0.4, -0.2) is 149 Å². The van der Waals surface area contributed by atoms with E-state index in [1.165, 1.54) is 14.0 Å². The lowest BCUT2D eigenvalue weighted by Crippen LogP contribution is -2.62. The van der Waals surface area contributed by atoms with Gasteiger partial charge in [-0.15, -0.1) is 0 Å². The average Bonchev–Trinajstić information content (AvgIpc) is 3.35. The van der Waals surface area contributed by atoms with E-state index in [4.69, 9.17) is 33.2 Å². The summed E-state index contributed by atoms with van der Waals surface area (Å²) in [5, 5.41) is 49.0. The van der Waals surface area contributed by atoms with Crippen molar-refractivity contribution in [1.29, 1.82) is 0 Å². The van der Waals surface area contributed by atoms with Crippen molar-refractivity contribution in [3.63, 3.8) is 0 Å². The van der Waals surface area contributed by atoms with Gasteiger partial charge in [-0.1, -0.05) is 20.8 Å². The van der Waals surface area contributed by atoms with E-state index in [2.05, 4.69) is 5.32 Å². The van der Waals surface area contributed by atoms with E-state index in [-0.39, 0.29) is 30.9 Å². The number of cyclic esters (lactones) is 1. The van der Waals surface area contributed by atoms with Crippen LogP contribution in [0.2, 0.25) is 0 Å². The van der Waals surface area contributed by atoms with Crippen molar-refractivity contribution < 1.29 is 58.4 Å². The number of hydrogen-bond acceptors (Lipinski definition) is 14. The van der Waals surface area contributed by atoms with E-state index >= 15 is 0 Å². The number of rotatable bonds is 7. The molecule has 1 unspecified atom stereocenters. The first kappa shape index (κ1) is 42.7. The highest BCUT2D eigenvalue weighted by Gasteiger charge is 2.56. The van der Waals surface area contributed by atoms with Crippen molar-refractivity contribution in [2.45, 2.75) is 191 Å². The number of ether oxygens (including phenoxy) is 7. The van der Waals surface area contributed by atoms with Gasteiger partial charge >= 0.3 is 5.97 Å². The molecule has 0 aromatic rings. The molecular formula is C37H68N2O12. The summed E-state index contributed by atoms with van der Waals surface area (Å²) in [5.74, 6) is -2.23. The lowest BCUT2D eigenvalue weighted by atomic mass is 9.79. The van der Waals surface area contributed by atoms with Crippen LogP contribution in [0, 0.1) is 17.8 Å². The van der Waals surface area contributed by atoms with E-state index in [0.29, 0.717) is 12.8 Å². The van der Waals surface area contributed by atoms with Gasteiger partial charge in [0.1, 0.15) is 36.2 Å². The van der Waals surface area contributed by atoms with Crippen molar-refractivity contribution in [2.75, 3.05) is 21.2 Å². The van der Waals surface area contributed by atoms with E-state index in [1.54, 1.807) is 34.6 Å². The number of esters is 1. The van der Waals surface area contributed by atoms with Crippen LogP contribution in [0.5, 0.6) is 0 Å². The molecule has 0 radical (unpaired) electrons. The Morgan fingerprint density at radius 3 is 2.20 bits per heavy atom. The maximum absolute atomic E-state index is 14.2. The van der Waals surface area contributed by atoms with Crippen molar-refractivity contribution in [1.82, 2.24) is 10.2 Å². The SMILES string of the molecule is CC[C@H]1OC(=O)[C@H](C)[C@@H](O[C@@H]2C[C@](C)(OC)[C@H](O)[C@@H](C)O2)[C@H](C)[C@@H](O[C@@H]2O[C@H](C)C[C@H](N(C)C)[C@H]2O)[C@@]2(C)C[C@@H](C)C(N[C@H](C)[C@@H](O)[C@]1(C)O)O2. The topological polar surface area (TPSA) is 178 Å². The summed E-state index contributed by atoms with van der Waals surface area (Å²) < 4.78 is 44.7. The maximum atomic E-state index is 14.2. The van der Waals surface area contributed by atoms with Gasteiger partial charge in [0.25, 0.3) is 0 Å². The summed E-state index contributed by atoms with van der Waals surface area (Å²) >= 11 is 0. The summed E-state index contributed by atoms with van der Waals surface area (Å²) in [7, 11) is 5.35. The largest absolute Gasteiger partial charge is 0.459 e. The Balaban J connectivity index is 1.82. The van der Waals surface area contributed by atoms with Crippen molar-refractivity contribution >= 4 is 5.97 Å². The molecule has 5 N–H and O–H groups in total. The van der Waals surface area contributed by atoms with Gasteiger partial charge in [0, 0.05) is 31.5 Å². The monoisotopic (exact) mass is 732 g/mol. The standard InChI is InChI=1S/C37H68N2O12/c1-14-25-37(10,44)29(41)22(6)38-32-18(2)16-36(9,51-32)31(50-34-27(40)24(39(11)12)15-19(3)46-34)20(4)28(21(5)33(43)48-25)49-26-17-35(8,45-13)30(42)23(7)47-26/h18-32,34,38,40-42,44H,14-17H2,1-13H3/t18-,19-,20+,21-,22-,23-,24+,25-,26-,27-,28+,29-,30-,31-,32?,34+,35+,36-,37-/m1/s1. The van der Waals surface area contributed by atoms with Gasteiger partial charge in [0.2, 0.25) is 0 Å². The minimum absolute atomic E-state index is 0.0632. The third-order valence-electron chi connectivity index (χ3n) is 12.2. The van der Waals surface area contributed by atoms with Crippen LogP contribution in [0.3, 0.4) is 0 Å². The Labute approximate surface area is 304 Å². The zero-order valence-electron chi connectivity index (χ0n) is 33.1. The average molecular weight is 733 g/mol. The van der Waals surface area contributed by atoms with E-state index < -0.39 is 102 Å². The molecule has 4 aliphatic heterocycles. The molecule has 4 heterocycles. The van der Waals surface area contributed by atoms with Gasteiger partial charge in [-0.25, -0.2) is 0 Å². The molecule has 4 aliphatic rings. The predicted octanol–water partition coefficient (Wildman–Crippen LogP) is 1.92. The second-order valence-corrected chi connectivity index (χ2v) is 16.8. The summed E-state index contributed by atoms with van der Waals surface area (Å²) in [6, 6.07) is -0.868. The predicted molar refractivity (Wildman–Crippen MR) is 187 cm³/mol. The molecule has 14 heteroatoms. The minimum Gasteiger partial charge on any atom is -0.459 e. The minimum atomic E-state index is -1.80. The number of aliphatic hydroxyl groups excluding tert-OH is 3. The first-order chi connectivity index (χ1) is 23.6. The Morgan fingerprint density at radius 2 is 1.61 bits per heavy atom. The van der Waals surface area contributed by atoms with Crippen molar-refractivity contribution in [2.24, 2.45) is 17.8 Å². The number of fused-ring (bicyclic) bond motifs is 2. The van der Waals surface area contributed by atoms with E-state index in [1.807, 2.05) is 46.7 Å². The van der Waals surface area contributed by atoms with Gasteiger partial charge < -0.3 is 58.5 Å². The van der Waals surface area contributed by atoms with E-state index in [9.17, 15) is 25.2 Å². The van der Waals surface area contributed by atoms with Gasteiger partial charge in [-0.05, 0) is 87.7 Å². The maximum Gasteiger partial charge on any atom is 0.311 e. The molecule has 0 aliphatic carbocycles. The Kier molecular flexibility index (Phi) is 13.7. The smallest absolute Gasteiger partial charge is 0.311 e. The summed E-state index contributed by atoms with van der Waals surface area (Å²) in [6.45, 7) is 18.1. The molecule has 4 rings (SSSR count). The van der Waals surface area contributed by atoms with Crippen LogP contribution in [0.1, 0.15) is 94.9 Å². The lowest BCUT2D eigenvalue weighted by Gasteiger charge is -2.49. The molecule has 4 saturated heterocycles. The number of nitrogens with one attached hydrogen (secondary N) is 1. The molecule has 0 aromatic carbocycles. The number of methoxy groups -OCH3 is 1. The molecule has 0 aromatic heterocycles. The zero-order valence-corrected chi connectivity index (χ0v) is 33.1. The fourth-order valence-corrected chi connectivity index (χ4v) is 8.89. The quantitative estimate of drug-likeness (QED) is 0.240. The highest BCUT2D eigenvalue weighted by molar-refractivity contribution is 5.73. The lowest BCUT2D eigenvalue weighted by molar-refractivity contribution is -0.319. The molecule has 19 atom stereocenters. The fraction of sp³-hybridized carbons (Fsp3) is 0.973. The zero-order chi connectivity index (χ0) is 38.4. The molecule has 2 bridgehead atoms. The second-order valence-electron chi connectivity index (χ2n) is 16.8. The Hall–Kier alpha value is -1.01. The number of carbonyl (C=O) groups excluding carboxylic acids is 1. The first-order valence-electron chi connectivity index (χ1n) is 18.8. The number of carbonyl (C=O) groups is 1. The van der Waals surface area contributed by atoms with Crippen LogP contribution in [-0.2, 0) is 38.0 Å². The second kappa shape index (κ2) is 16.4. The van der Waals surface area contributed by atoms with Crippen molar-refractivity contribution in [3.8, 4) is 0 Å². The molecule has 0 amide bonds. The molecule has 4 fully saturated rings. The van der Waals surface area contributed by atoms with Crippen molar-refractivity contribution in [3.05, 3.63) is 0 Å². The van der Waals surface area contributed by atoms with Gasteiger partial charge in [0.05, 0.1) is 41.5 Å². The first-order valence-corrected chi connectivity index (χ1v) is 18.8. The van der Waals surface area contributed by atoms with Crippen LogP contribution in [0.15, 0.2) is 0 Å². The third kappa shape index (κ3) is 8.78. The fourth-order valence-electron chi connectivity index (χ4n) is 8.89. The summed E-state index contributed by atoms with van der Waals surface area (Å²) in [4.78, 5) is 16.1. The van der Waals surface area contributed by atoms with Gasteiger partial charge in [-0.3, -0.25) is 10.1 Å². The van der Waals surface area contributed by atoms with Crippen LogP contribution in [0.4, 0.5) is 0 Å². The normalized spacial score (nSPS) is 52.0. The van der Waals surface area contributed by atoms with Gasteiger partial charge in [0.15, 0.2) is 12.6 Å². The van der Waals surface area contributed by atoms with E-state index in [0.717, 1.165) is 0 Å². The van der Waals surface area contributed by atoms with Gasteiger partial charge in [-0.2, -0.15) is 0 Å². The molecule has 51 heavy (non-hydrogen) atoms. The van der Waals surface area contributed by atoms with Crippen LogP contribution >= 0.6 is 0 Å². The number of likely N-dealkylation sites (N-methyl/N-ethyl adjacent to an activating group) is 1. The molecule has 0 saturated carbocycles. The number of nitrogens with zero attached hydrogens (tertiary/aromatic N) is 1. The Morgan fingerprint density at radius 1 is 0.961 bits per heavy atom. The third-order valence-corrected chi connectivity index (χ3v) is 12.2.